The van der Waals surface area contributed by atoms with Gasteiger partial charge in [-0.3, -0.25) is 4.79 Å². The van der Waals surface area contributed by atoms with Gasteiger partial charge in [-0.2, -0.15) is 9.78 Å². The molecule has 0 aliphatic carbocycles. The number of piperazine rings is 1. The third-order valence-electron chi connectivity index (χ3n) is 4.23. The second-order valence-electron chi connectivity index (χ2n) is 7.50. The minimum atomic E-state index is -0.535. The molecule has 2 aromatic rings. The summed E-state index contributed by atoms with van der Waals surface area (Å²) >= 11 is 12.3. The van der Waals surface area contributed by atoms with Crippen LogP contribution in [0.15, 0.2) is 35.3 Å². The van der Waals surface area contributed by atoms with Gasteiger partial charge in [-0.15, -0.1) is 0 Å². The number of hydrogen-bond acceptors (Lipinski definition) is 5. The number of nitrogens with zero attached hydrogens (tertiary/aromatic N) is 4. The standard InChI is InChI=1S/C19H22Cl2N4O3/c1-19(2,3)28-18(27)24-9-7-23(8-10-24)15-12-22-25(17(26)16(15)21)14-6-4-5-13(20)11-14/h4-6,11-12H,7-10H2,1-3H3. The smallest absolute Gasteiger partial charge is 0.410 e. The highest BCUT2D eigenvalue weighted by atomic mass is 35.5. The molecule has 7 nitrogen and oxygen atoms in total. The molecule has 0 atom stereocenters. The van der Waals surface area contributed by atoms with E-state index in [0.717, 1.165) is 0 Å². The summed E-state index contributed by atoms with van der Waals surface area (Å²) in [5.41, 5.74) is 0.136. The van der Waals surface area contributed by atoms with E-state index in [2.05, 4.69) is 5.10 Å². The van der Waals surface area contributed by atoms with Crippen molar-refractivity contribution in [2.75, 3.05) is 31.1 Å². The number of ether oxygens (including phenoxy) is 1. The molecule has 0 saturated carbocycles. The molecule has 28 heavy (non-hydrogen) atoms. The van der Waals surface area contributed by atoms with Crippen LogP contribution in [0, 0.1) is 0 Å². The quantitative estimate of drug-likeness (QED) is 0.736. The Balaban J connectivity index is 1.75. The van der Waals surface area contributed by atoms with Gasteiger partial charge in [0.25, 0.3) is 5.56 Å². The highest BCUT2D eigenvalue weighted by Gasteiger charge is 2.27. The van der Waals surface area contributed by atoms with Crippen molar-refractivity contribution in [3.05, 3.63) is 50.9 Å². The number of hydrogen-bond donors (Lipinski definition) is 0. The maximum absolute atomic E-state index is 12.7. The molecule has 1 amide bonds. The number of amides is 1. The van der Waals surface area contributed by atoms with Crippen molar-refractivity contribution in [1.29, 1.82) is 0 Å². The van der Waals surface area contributed by atoms with Gasteiger partial charge in [-0.1, -0.05) is 29.3 Å². The molecule has 1 aromatic carbocycles. The Kier molecular flexibility index (Phi) is 5.86. The maximum atomic E-state index is 12.7. The molecule has 1 aromatic heterocycles. The molecule has 1 saturated heterocycles. The molecule has 150 valence electrons. The first-order valence-corrected chi connectivity index (χ1v) is 9.68. The van der Waals surface area contributed by atoms with Crippen LogP contribution in [0.1, 0.15) is 20.8 Å². The zero-order valence-electron chi connectivity index (χ0n) is 16.0. The number of rotatable bonds is 2. The molecule has 0 unspecified atom stereocenters. The largest absolute Gasteiger partial charge is 0.444 e. The first kappa shape index (κ1) is 20.5. The van der Waals surface area contributed by atoms with Gasteiger partial charge in [0, 0.05) is 31.2 Å². The van der Waals surface area contributed by atoms with E-state index >= 15 is 0 Å². The van der Waals surface area contributed by atoms with Crippen molar-refractivity contribution < 1.29 is 9.53 Å². The highest BCUT2D eigenvalue weighted by Crippen LogP contribution is 2.24. The van der Waals surface area contributed by atoms with Crippen molar-refractivity contribution in [3.8, 4) is 5.69 Å². The van der Waals surface area contributed by atoms with E-state index in [0.29, 0.717) is 42.6 Å². The summed E-state index contributed by atoms with van der Waals surface area (Å²) in [7, 11) is 0. The third kappa shape index (κ3) is 4.59. The molecule has 1 aliphatic heterocycles. The Morgan fingerprint density at radius 2 is 1.82 bits per heavy atom. The maximum Gasteiger partial charge on any atom is 0.410 e. The molecule has 0 radical (unpaired) electrons. The van der Waals surface area contributed by atoms with Crippen LogP contribution in [0.5, 0.6) is 0 Å². The van der Waals surface area contributed by atoms with E-state index in [1.807, 2.05) is 25.7 Å². The Bertz CT molecular complexity index is 932. The fourth-order valence-electron chi connectivity index (χ4n) is 2.89. The number of carbonyl (C=O) groups is 1. The van der Waals surface area contributed by atoms with Gasteiger partial charge < -0.3 is 14.5 Å². The summed E-state index contributed by atoms with van der Waals surface area (Å²) in [5, 5.41) is 4.83. The molecule has 9 heteroatoms. The number of aromatic nitrogens is 2. The molecular formula is C19H22Cl2N4O3. The third-order valence-corrected chi connectivity index (χ3v) is 4.82. The summed E-state index contributed by atoms with van der Waals surface area (Å²) in [6.45, 7) is 7.51. The average Bonchev–Trinajstić information content (AvgIpc) is 2.63. The van der Waals surface area contributed by atoms with Gasteiger partial charge in [0.2, 0.25) is 0 Å². The molecule has 2 heterocycles. The molecule has 0 N–H and O–H groups in total. The van der Waals surface area contributed by atoms with Gasteiger partial charge in [0.05, 0.1) is 17.6 Å². The number of carbonyl (C=O) groups excluding carboxylic acids is 1. The van der Waals surface area contributed by atoms with Crippen molar-refractivity contribution in [2.45, 2.75) is 26.4 Å². The molecule has 3 rings (SSSR count). The zero-order chi connectivity index (χ0) is 20.5. The fourth-order valence-corrected chi connectivity index (χ4v) is 3.33. The predicted molar refractivity (Wildman–Crippen MR) is 110 cm³/mol. The summed E-state index contributed by atoms with van der Waals surface area (Å²) < 4.78 is 6.62. The lowest BCUT2D eigenvalue weighted by atomic mass is 10.2. The molecular weight excluding hydrogens is 403 g/mol. The Morgan fingerprint density at radius 3 is 2.43 bits per heavy atom. The minimum Gasteiger partial charge on any atom is -0.444 e. The van der Waals surface area contributed by atoms with Crippen LogP contribution in [0.4, 0.5) is 10.5 Å². The monoisotopic (exact) mass is 424 g/mol. The lowest BCUT2D eigenvalue weighted by molar-refractivity contribution is 0.0240. The molecule has 1 fully saturated rings. The zero-order valence-corrected chi connectivity index (χ0v) is 17.5. The fraction of sp³-hybridized carbons (Fsp3) is 0.421. The molecule has 0 spiro atoms. The van der Waals surface area contributed by atoms with Crippen molar-refractivity contribution in [3.63, 3.8) is 0 Å². The number of halogens is 2. The van der Waals surface area contributed by atoms with E-state index in [1.165, 1.54) is 4.68 Å². The minimum absolute atomic E-state index is 0.0840. The van der Waals surface area contributed by atoms with Crippen LogP contribution >= 0.6 is 23.2 Å². The van der Waals surface area contributed by atoms with E-state index in [9.17, 15) is 9.59 Å². The van der Waals surface area contributed by atoms with Crippen LogP contribution in [0.25, 0.3) is 5.69 Å². The SMILES string of the molecule is CC(C)(C)OC(=O)N1CCN(c2cnn(-c3cccc(Cl)c3)c(=O)c2Cl)CC1. The predicted octanol–water partition coefficient (Wildman–Crippen LogP) is 3.60. The van der Waals surface area contributed by atoms with Gasteiger partial charge in [0.1, 0.15) is 10.6 Å². The average molecular weight is 425 g/mol. The summed E-state index contributed by atoms with van der Waals surface area (Å²) in [6, 6.07) is 6.83. The first-order valence-electron chi connectivity index (χ1n) is 8.92. The Labute approximate surface area is 173 Å². The lowest BCUT2D eigenvalue weighted by Gasteiger charge is -2.36. The highest BCUT2D eigenvalue weighted by molar-refractivity contribution is 6.33. The second-order valence-corrected chi connectivity index (χ2v) is 8.31. The summed E-state index contributed by atoms with van der Waals surface area (Å²) in [4.78, 5) is 28.5. The van der Waals surface area contributed by atoms with E-state index in [1.54, 1.807) is 35.4 Å². The second kappa shape index (κ2) is 8.01. The molecule has 0 bridgehead atoms. The van der Waals surface area contributed by atoms with Crippen molar-refractivity contribution in [1.82, 2.24) is 14.7 Å². The summed E-state index contributed by atoms with van der Waals surface area (Å²) in [6.07, 6.45) is 1.22. The number of benzene rings is 1. The van der Waals surface area contributed by atoms with Crippen LogP contribution in [0.3, 0.4) is 0 Å². The van der Waals surface area contributed by atoms with Gasteiger partial charge in [-0.25, -0.2) is 4.79 Å². The Hall–Kier alpha value is -2.25. The van der Waals surface area contributed by atoms with Crippen LogP contribution < -0.4 is 10.5 Å². The summed E-state index contributed by atoms with van der Waals surface area (Å²) in [5.74, 6) is 0. The number of anilines is 1. The van der Waals surface area contributed by atoms with E-state index < -0.39 is 11.2 Å². The van der Waals surface area contributed by atoms with Crippen molar-refractivity contribution in [2.24, 2.45) is 0 Å². The van der Waals surface area contributed by atoms with Gasteiger partial charge >= 0.3 is 6.09 Å². The van der Waals surface area contributed by atoms with E-state index in [4.69, 9.17) is 27.9 Å². The Morgan fingerprint density at radius 1 is 1.14 bits per heavy atom. The van der Waals surface area contributed by atoms with E-state index in [-0.39, 0.29) is 11.1 Å². The molecule has 1 aliphatic rings. The van der Waals surface area contributed by atoms with Crippen LogP contribution in [0.2, 0.25) is 10.0 Å². The lowest BCUT2D eigenvalue weighted by Crippen LogP contribution is -2.50. The van der Waals surface area contributed by atoms with Crippen LogP contribution in [-0.4, -0.2) is 52.6 Å². The van der Waals surface area contributed by atoms with Gasteiger partial charge in [0.15, 0.2) is 0 Å². The first-order chi connectivity index (χ1) is 13.2. The normalized spacial score (nSPS) is 14.9. The van der Waals surface area contributed by atoms with Crippen LogP contribution in [-0.2, 0) is 4.74 Å². The van der Waals surface area contributed by atoms with Crippen molar-refractivity contribution >= 4 is 35.0 Å². The topological polar surface area (TPSA) is 67.7 Å². The van der Waals surface area contributed by atoms with Gasteiger partial charge in [-0.05, 0) is 39.0 Å².